The average molecular weight is 260 g/mol. The number of hydrogen-bond acceptors (Lipinski definition) is 6. The minimum absolute atomic E-state index is 0.0884. The van der Waals surface area contributed by atoms with Crippen LogP contribution in [0.5, 0.6) is 0 Å². The number of esters is 1. The van der Waals surface area contributed by atoms with Crippen LogP contribution < -0.4 is 11.5 Å². The van der Waals surface area contributed by atoms with Crippen LogP contribution in [0.1, 0.15) is 13.3 Å². The highest BCUT2D eigenvalue weighted by Gasteiger charge is 2.21. The first-order valence-corrected chi connectivity index (χ1v) is 5.60. The van der Waals surface area contributed by atoms with Crippen molar-refractivity contribution in [3.05, 3.63) is 12.2 Å². The van der Waals surface area contributed by atoms with Gasteiger partial charge in [0.05, 0.1) is 6.10 Å². The molecule has 0 amide bonds. The maximum absolute atomic E-state index is 11.3. The zero-order chi connectivity index (χ0) is 14.1. The lowest BCUT2D eigenvalue weighted by Crippen LogP contribution is -2.35. The fourth-order valence-electron chi connectivity index (χ4n) is 1.40. The monoisotopic (exact) mass is 260 g/mol. The van der Waals surface area contributed by atoms with Crippen molar-refractivity contribution in [1.29, 1.82) is 0 Å². The molecule has 18 heavy (non-hydrogen) atoms. The summed E-state index contributed by atoms with van der Waals surface area (Å²) in [6.45, 7) is 1.98. The third kappa shape index (κ3) is 7.00. The molecule has 7 heteroatoms. The number of ether oxygens (including phenoxy) is 1. The van der Waals surface area contributed by atoms with Crippen LogP contribution in [0.25, 0.3) is 0 Å². The van der Waals surface area contributed by atoms with E-state index < -0.39 is 24.1 Å². The predicted molar refractivity (Wildman–Crippen MR) is 64.6 cm³/mol. The molecule has 3 unspecified atom stereocenters. The molecular weight excluding hydrogens is 240 g/mol. The smallest absolute Gasteiger partial charge is 0.331 e. The molecule has 3 atom stereocenters. The minimum atomic E-state index is -1.23. The average Bonchev–Trinajstić information content (AvgIpc) is 2.32. The van der Waals surface area contributed by atoms with Gasteiger partial charge in [-0.2, -0.15) is 0 Å². The Hall–Kier alpha value is -1.44. The van der Waals surface area contributed by atoms with Gasteiger partial charge in [0.15, 0.2) is 0 Å². The number of rotatable bonds is 8. The van der Waals surface area contributed by atoms with Crippen LogP contribution in [-0.2, 0) is 14.3 Å². The van der Waals surface area contributed by atoms with E-state index >= 15 is 0 Å². The van der Waals surface area contributed by atoms with Crippen LogP contribution in [0.3, 0.4) is 0 Å². The van der Waals surface area contributed by atoms with E-state index in [0.717, 1.165) is 6.08 Å². The highest BCUT2D eigenvalue weighted by molar-refractivity contribution is 5.90. The first kappa shape index (κ1) is 16.6. The highest BCUT2D eigenvalue weighted by Crippen LogP contribution is 2.13. The lowest BCUT2D eigenvalue weighted by atomic mass is 9.97. The third-order valence-corrected chi connectivity index (χ3v) is 2.41. The van der Waals surface area contributed by atoms with E-state index in [4.69, 9.17) is 21.3 Å². The van der Waals surface area contributed by atoms with Crippen LogP contribution in [0.2, 0.25) is 0 Å². The summed E-state index contributed by atoms with van der Waals surface area (Å²) in [4.78, 5) is 21.5. The molecule has 0 aromatic heterocycles. The third-order valence-electron chi connectivity index (χ3n) is 2.41. The molecule has 0 fully saturated rings. The maximum atomic E-state index is 11.3. The molecule has 7 nitrogen and oxygen atoms in total. The second-order valence-electron chi connectivity index (χ2n) is 3.99. The number of aliphatic hydroxyl groups is 1. The molecule has 0 saturated carbocycles. The molecule has 0 radical (unpaired) electrons. The van der Waals surface area contributed by atoms with Crippen LogP contribution in [0.4, 0.5) is 0 Å². The Morgan fingerprint density at radius 3 is 2.33 bits per heavy atom. The molecule has 0 saturated heterocycles. The molecular formula is C11H20N2O5. The zero-order valence-electron chi connectivity index (χ0n) is 10.3. The second kappa shape index (κ2) is 8.62. The Bertz CT molecular complexity index is 306. The van der Waals surface area contributed by atoms with E-state index in [9.17, 15) is 14.7 Å². The van der Waals surface area contributed by atoms with Gasteiger partial charge in [0.1, 0.15) is 6.10 Å². The van der Waals surface area contributed by atoms with Crippen LogP contribution >= 0.6 is 0 Å². The summed E-state index contributed by atoms with van der Waals surface area (Å²) < 4.78 is 4.99. The number of nitrogens with two attached hydrogens (primary N) is 2. The van der Waals surface area contributed by atoms with Crippen LogP contribution in [0.15, 0.2) is 12.2 Å². The SMILES string of the molecule is CC(CC(O)CN)C(CN)OC(=O)/C=C\C(=O)O. The van der Waals surface area contributed by atoms with E-state index in [2.05, 4.69) is 0 Å². The Morgan fingerprint density at radius 1 is 1.28 bits per heavy atom. The second-order valence-corrected chi connectivity index (χ2v) is 3.99. The lowest BCUT2D eigenvalue weighted by Gasteiger charge is -2.23. The normalized spacial score (nSPS) is 16.2. The summed E-state index contributed by atoms with van der Waals surface area (Å²) in [7, 11) is 0. The van der Waals surface area contributed by atoms with Crippen molar-refractivity contribution in [1.82, 2.24) is 0 Å². The topological polar surface area (TPSA) is 136 Å². The van der Waals surface area contributed by atoms with Gasteiger partial charge in [-0.3, -0.25) is 0 Å². The fraction of sp³-hybridized carbons (Fsp3) is 0.636. The number of hydrogen-bond donors (Lipinski definition) is 4. The number of aliphatic hydroxyl groups excluding tert-OH is 1. The molecule has 0 aliphatic carbocycles. The predicted octanol–water partition coefficient (Wildman–Crippen LogP) is -1.16. The molecule has 6 N–H and O–H groups in total. The Kier molecular flexibility index (Phi) is 7.93. The molecule has 0 aliphatic rings. The Balaban J connectivity index is 4.32. The van der Waals surface area contributed by atoms with Gasteiger partial charge < -0.3 is 26.4 Å². The molecule has 0 spiro atoms. The molecule has 0 aromatic rings. The summed E-state index contributed by atoms with van der Waals surface area (Å²) in [5.41, 5.74) is 10.7. The van der Waals surface area contributed by atoms with E-state index in [1.165, 1.54) is 0 Å². The van der Waals surface area contributed by atoms with E-state index in [0.29, 0.717) is 12.5 Å². The van der Waals surface area contributed by atoms with Gasteiger partial charge in [0, 0.05) is 25.2 Å². The van der Waals surface area contributed by atoms with E-state index in [1.54, 1.807) is 6.92 Å². The van der Waals surface area contributed by atoms with Crippen molar-refractivity contribution in [2.75, 3.05) is 13.1 Å². The molecule has 0 aliphatic heterocycles. The molecule has 0 heterocycles. The van der Waals surface area contributed by atoms with Crippen molar-refractivity contribution in [3.63, 3.8) is 0 Å². The fourth-order valence-corrected chi connectivity index (χ4v) is 1.40. The van der Waals surface area contributed by atoms with Gasteiger partial charge >= 0.3 is 11.9 Å². The van der Waals surface area contributed by atoms with Crippen LogP contribution in [0, 0.1) is 5.92 Å². The lowest BCUT2D eigenvalue weighted by molar-refractivity contribution is -0.146. The first-order chi connectivity index (χ1) is 8.40. The number of aliphatic carboxylic acids is 1. The van der Waals surface area contributed by atoms with Crippen molar-refractivity contribution in [2.45, 2.75) is 25.6 Å². The summed E-state index contributed by atoms with van der Waals surface area (Å²) in [5, 5.41) is 17.7. The number of carbonyl (C=O) groups is 2. The Morgan fingerprint density at radius 2 is 1.89 bits per heavy atom. The number of carboxylic acid groups (broad SMARTS) is 1. The van der Waals surface area contributed by atoms with Crippen molar-refractivity contribution < 1.29 is 24.5 Å². The highest BCUT2D eigenvalue weighted by atomic mass is 16.5. The molecule has 0 aromatic carbocycles. The van der Waals surface area contributed by atoms with Gasteiger partial charge in [-0.15, -0.1) is 0 Å². The van der Waals surface area contributed by atoms with E-state index in [-0.39, 0.29) is 19.0 Å². The number of carboxylic acids is 1. The van der Waals surface area contributed by atoms with Gasteiger partial charge in [-0.1, -0.05) is 6.92 Å². The zero-order valence-corrected chi connectivity index (χ0v) is 10.3. The maximum Gasteiger partial charge on any atom is 0.331 e. The largest absolute Gasteiger partial charge is 0.478 e. The van der Waals surface area contributed by atoms with Gasteiger partial charge in [0.25, 0.3) is 0 Å². The van der Waals surface area contributed by atoms with Gasteiger partial charge in [-0.05, 0) is 12.3 Å². The number of carbonyl (C=O) groups excluding carboxylic acids is 1. The summed E-state index contributed by atoms with van der Waals surface area (Å²) in [5.74, 6) is -2.18. The van der Waals surface area contributed by atoms with Crippen LogP contribution in [-0.4, -0.2) is 47.4 Å². The van der Waals surface area contributed by atoms with Gasteiger partial charge in [-0.25, -0.2) is 9.59 Å². The van der Waals surface area contributed by atoms with Crippen molar-refractivity contribution in [3.8, 4) is 0 Å². The molecule has 0 bridgehead atoms. The molecule has 0 rings (SSSR count). The summed E-state index contributed by atoms with van der Waals surface area (Å²) in [6, 6.07) is 0. The Labute approximate surface area is 105 Å². The quantitative estimate of drug-likeness (QED) is 0.319. The van der Waals surface area contributed by atoms with Crippen molar-refractivity contribution >= 4 is 11.9 Å². The summed E-state index contributed by atoms with van der Waals surface area (Å²) >= 11 is 0. The first-order valence-electron chi connectivity index (χ1n) is 5.60. The molecule has 104 valence electrons. The standard InChI is InChI=1S/C11H20N2O5/c1-7(4-8(14)5-12)9(6-13)18-11(17)3-2-10(15)16/h2-3,7-9,14H,4-6,12-13H2,1H3,(H,15,16)/b3-2-. The summed E-state index contributed by atoms with van der Waals surface area (Å²) in [6.07, 6.45) is 0.597. The van der Waals surface area contributed by atoms with Crippen molar-refractivity contribution in [2.24, 2.45) is 17.4 Å². The van der Waals surface area contributed by atoms with Gasteiger partial charge in [0.2, 0.25) is 0 Å². The minimum Gasteiger partial charge on any atom is -0.478 e. The van der Waals surface area contributed by atoms with E-state index in [1.807, 2.05) is 0 Å².